The number of methoxy groups -OCH3 is 1. The zero-order chi connectivity index (χ0) is 44.1. The average molecular weight is 846 g/mol. The van der Waals surface area contributed by atoms with E-state index in [9.17, 15) is 28.8 Å². The van der Waals surface area contributed by atoms with Gasteiger partial charge in [0.1, 0.15) is 24.3 Å². The number of carbonyl (C=O) groups is 5. The van der Waals surface area contributed by atoms with Crippen LogP contribution in [-0.2, 0) is 39.9 Å². The number of hydrogen-bond acceptors (Lipinski definition) is 13. The van der Waals surface area contributed by atoms with Crippen LogP contribution < -0.4 is 43.3 Å². The number of benzene rings is 3. The monoisotopic (exact) mass is 845 g/mol. The molecule has 1 aromatic heterocycles. The summed E-state index contributed by atoms with van der Waals surface area (Å²) in [6, 6.07) is 19.2. The van der Waals surface area contributed by atoms with E-state index in [2.05, 4.69) is 31.9 Å². The second-order valence-corrected chi connectivity index (χ2v) is 14.2. The first-order valence-electron chi connectivity index (χ1n) is 19.8. The molecule has 4 aromatic rings. The largest absolute Gasteiger partial charge is 0.445 e. The van der Waals surface area contributed by atoms with Gasteiger partial charge in [0.2, 0.25) is 17.9 Å². The molecule has 0 spiro atoms. The van der Waals surface area contributed by atoms with Crippen molar-refractivity contribution in [1.82, 2.24) is 21.3 Å². The molecule has 0 bridgehead atoms. The third kappa shape index (κ3) is 15.6. The summed E-state index contributed by atoms with van der Waals surface area (Å²) in [5.41, 5.74) is 7.61. The van der Waals surface area contributed by atoms with Crippen molar-refractivity contribution in [2.24, 2.45) is 11.7 Å². The number of amides is 5. The highest BCUT2D eigenvalue weighted by molar-refractivity contribution is 5.98. The minimum Gasteiger partial charge on any atom is -0.445 e. The zero-order valence-electron chi connectivity index (χ0n) is 34.7. The minimum absolute atomic E-state index is 0.0130. The van der Waals surface area contributed by atoms with Gasteiger partial charge in [-0.05, 0) is 67.6 Å². The number of alkyl carbamates (subject to hydrolysis) is 1. The maximum Gasteiger partial charge on any atom is 0.412 e. The topological polar surface area (TPSA) is 251 Å². The summed E-state index contributed by atoms with van der Waals surface area (Å²) < 4.78 is 26.6. The lowest BCUT2D eigenvalue weighted by Gasteiger charge is -2.25. The minimum atomic E-state index is -1.44. The Kier molecular flexibility index (Phi) is 19.1. The van der Waals surface area contributed by atoms with Gasteiger partial charge in [-0.3, -0.25) is 19.7 Å². The van der Waals surface area contributed by atoms with E-state index in [0.717, 1.165) is 5.56 Å². The Morgan fingerprint density at radius 2 is 1.52 bits per heavy atom. The lowest BCUT2D eigenvalue weighted by molar-refractivity contribution is -0.130. The molecule has 3 aromatic carbocycles. The molecule has 61 heavy (non-hydrogen) atoms. The Labute approximate surface area is 353 Å². The molecule has 0 radical (unpaired) electrons. The molecule has 0 saturated carbocycles. The molecule has 1 heterocycles. The highest BCUT2D eigenvalue weighted by Crippen LogP contribution is 2.24. The van der Waals surface area contributed by atoms with Crippen molar-refractivity contribution in [1.29, 1.82) is 0 Å². The molecule has 0 aliphatic heterocycles. The Morgan fingerprint density at radius 3 is 2.23 bits per heavy atom. The Hall–Kier alpha value is -6.34. The van der Waals surface area contributed by atoms with Gasteiger partial charge in [0, 0.05) is 54.8 Å². The first kappa shape index (κ1) is 47.3. The van der Waals surface area contributed by atoms with Crippen LogP contribution in [0.5, 0.6) is 0 Å². The maximum absolute atomic E-state index is 13.7. The number of nitrogens with one attached hydrogen (secondary N) is 6. The smallest absolute Gasteiger partial charge is 0.412 e. The third-order valence-corrected chi connectivity index (χ3v) is 9.18. The van der Waals surface area contributed by atoms with Gasteiger partial charge in [-0.15, -0.1) is 0 Å². The van der Waals surface area contributed by atoms with E-state index in [4.69, 9.17) is 29.1 Å². The molecule has 18 nitrogen and oxygen atoms in total. The van der Waals surface area contributed by atoms with E-state index >= 15 is 0 Å². The SMILES string of the molecule is COCCOCCNC(=O)C(OC(=O)Nc1ccc2c(C)cc(=O)oc2c1)c1ccc(NC(=O)C(CCCNCN)NC(=O)C(NC(=O)OCc2ccccc2)C(C)C)cc1. The number of hydrogen-bond donors (Lipinski definition) is 7. The summed E-state index contributed by atoms with van der Waals surface area (Å²) in [6.45, 7) is 6.98. The second kappa shape index (κ2) is 24.7. The number of fused-ring (bicyclic) bond motifs is 1. The summed E-state index contributed by atoms with van der Waals surface area (Å²) >= 11 is 0. The van der Waals surface area contributed by atoms with E-state index in [1.54, 1.807) is 52.1 Å². The van der Waals surface area contributed by atoms with Crippen LogP contribution in [0, 0.1) is 12.8 Å². The number of anilines is 2. The predicted molar refractivity (Wildman–Crippen MR) is 227 cm³/mol. The van der Waals surface area contributed by atoms with Gasteiger partial charge in [0.25, 0.3) is 5.91 Å². The van der Waals surface area contributed by atoms with Gasteiger partial charge in [-0.2, -0.15) is 0 Å². The molecule has 4 rings (SSSR count). The van der Waals surface area contributed by atoms with Crippen LogP contribution in [0.2, 0.25) is 0 Å². The Bertz CT molecular complexity index is 2110. The molecule has 0 aliphatic carbocycles. The van der Waals surface area contributed by atoms with Gasteiger partial charge in [0.15, 0.2) is 0 Å². The van der Waals surface area contributed by atoms with Crippen LogP contribution in [0.4, 0.5) is 21.0 Å². The molecule has 18 heteroatoms. The third-order valence-electron chi connectivity index (χ3n) is 9.18. The molecule has 0 saturated heterocycles. The Morgan fingerprint density at radius 1 is 0.787 bits per heavy atom. The number of rotatable bonds is 23. The fourth-order valence-corrected chi connectivity index (χ4v) is 5.97. The summed E-state index contributed by atoms with van der Waals surface area (Å²) in [6.07, 6.45) is -2.48. The van der Waals surface area contributed by atoms with Crippen molar-refractivity contribution in [3.05, 3.63) is 106 Å². The van der Waals surface area contributed by atoms with Gasteiger partial charge in [0.05, 0.1) is 19.8 Å². The lowest BCUT2D eigenvalue weighted by Crippen LogP contribution is -2.54. The van der Waals surface area contributed by atoms with E-state index in [1.807, 2.05) is 18.2 Å². The van der Waals surface area contributed by atoms with Crippen molar-refractivity contribution in [2.45, 2.75) is 58.4 Å². The summed E-state index contributed by atoms with van der Waals surface area (Å²) in [5, 5.41) is 17.1. The second-order valence-electron chi connectivity index (χ2n) is 14.2. The Balaban J connectivity index is 1.46. The molecule has 0 fully saturated rings. The summed E-state index contributed by atoms with van der Waals surface area (Å²) in [4.78, 5) is 78.5. The van der Waals surface area contributed by atoms with Crippen molar-refractivity contribution < 1.29 is 47.3 Å². The van der Waals surface area contributed by atoms with Crippen LogP contribution in [0.25, 0.3) is 11.0 Å². The van der Waals surface area contributed by atoms with Gasteiger partial charge >= 0.3 is 17.8 Å². The van der Waals surface area contributed by atoms with Crippen molar-refractivity contribution in [3.8, 4) is 0 Å². The molecule has 328 valence electrons. The van der Waals surface area contributed by atoms with E-state index < -0.39 is 53.7 Å². The fourth-order valence-electron chi connectivity index (χ4n) is 5.97. The van der Waals surface area contributed by atoms with Gasteiger partial charge < -0.3 is 55.7 Å². The normalized spacial score (nSPS) is 12.5. The van der Waals surface area contributed by atoms with Crippen LogP contribution in [0.1, 0.15) is 49.5 Å². The highest BCUT2D eigenvalue weighted by Gasteiger charge is 2.30. The van der Waals surface area contributed by atoms with Gasteiger partial charge in [-0.25, -0.2) is 14.4 Å². The van der Waals surface area contributed by atoms with Crippen molar-refractivity contribution in [3.63, 3.8) is 0 Å². The molecular formula is C43H55N7O11. The van der Waals surface area contributed by atoms with Crippen molar-refractivity contribution in [2.75, 3.05) is 57.3 Å². The number of ether oxygens (including phenoxy) is 4. The maximum atomic E-state index is 13.7. The van der Waals surface area contributed by atoms with E-state index in [-0.39, 0.29) is 55.6 Å². The number of nitrogens with two attached hydrogens (primary N) is 1. The predicted octanol–water partition coefficient (Wildman–Crippen LogP) is 3.83. The van der Waals surface area contributed by atoms with Crippen LogP contribution in [0.3, 0.4) is 0 Å². The molecule has 3 unspecified atom stereocenters. The standard InChI is InChI=1S/C43H55N7O11/c1-27(2)37(50-42(55)59-25-29-9-6-5-7-10-29)40(53)49-34(11-8-18-45-26-44)39(52)47-31-14-12-30(13-15-31)38(41(54)46-19-20-58-22-21-57-4)61-43(56)48-32-16-17-33-28(3)23-36(51)60-35(33)24-32/h5-7,9-10,12-17,23-24,27,34,37-38,45H,8,11,18-22,25-26,44H2,1-4H3,(H,46,54)(H,47,52)(H,48,56)(H,49,53)(H,50,55). The van der Waals surface area contributed by atoms with Crippen LogP contribution in [-0.4, -0.2) is 88.7 Å². The summed E-state index contributed by atoms with van der Waals surface area (Å²) in [5.74, 6) is -2.11. The van der Waals surface area contributed by atoms with E-state index in [0.29, 0.717) is 42.8 Å². The molecule has 5 amide bonds. The highest BCUT2D eigenvalue weighted by atomic mass is 16.6. The molecule has 0 aliphatic rings. The molecule has 3 atom stereocenters. The average Bonchev–Trinajstić information content (AvgIpc) is 3.23. The number of aryl methyl sites for hydroxylation is 1. The summed E-state index contributed by atoms with van der Waals surface area (Å²) in [7, 11) is 1.54. The fraction of sp³-hybridized carbons (Fsp3) is 0.395. The lowest BCUT2D eigenvalue weighted by atomic mass is 10.0. The zero-order valence-corrected chi connectivity index (χ0v) is 34.7. The van der Waals surface area contributed by atoms with Crippen LogP contribution in [0.15, 0.2) is 88.1 Å². The van der Waals surface area contributed by atoms with E-state index in [1.165, 1.54) is 36.4 Å². The first-order chi connectivity index (χ1) is 29.4. The van der Waals surface area contributed by atoms with Gasteiger partial charge in [-0.1, -0.05) is 56.3 Å². The van der Waals surface area contributed by atoms with Crippen LogP contribution >= 0.6 is 0 Å². The molecule has 8 N–H and O–H groups in total. The quantitative estimate of drug-likeness (QED) is 0.0319. The van der Waals surface area contributed by atoms with Crippen molar-refractivity contribution >= 4 is 52.3 Å². The first-order valence-corrected chi connectivity index (χ1v) is 19.8. The number of carbonyl (C=O) groups excluding carboxylic acids is 5. The molecular weight excluding hydrogens is 791 g/mol.